The molecule has 3 N–H and O–H groups in total. The zero-order chi connectivity index (χ0) is 18.8. The summed E-state index contributed by atoms with van der Waals surface area (Å²) in [6, 6.07) is 7.04. The Morgan fingerprint density at radius 2 is 1.96 bits per heavy atom. The molecule has 0 fully saturated rings. The van der Waals surface area contributed by atoms with Crippen molar-refractivity contribution < 1.29 is 24.9 Å². The molecule has 5 heteroatoms. The second kappa shape index (κ2) is 10.7. The molecule has 0 spiro atoms. The number of carbonyl (C=O) groups excluding carboxylic acids is 1. The van der Waals surface area contributed by atoms with Crippen LogP contribution in [0.5, 0.6) is 5.75 Å². The van der Waals surface area contributed by atoms with Crippen molar-refractivity contribution in [2.75, 3.05) is 6.61 Å². The number of carbonyl (C=O) groups is 1. The summed E-state index contributed by atoms with van der Waals surface area (Å²) in [5.74, 6) is -1.34. The number of benzene rings is 1. The van der Waals surface area contributed by atoms with Crippen LogP contribution in [-0.2, 0) is 9.53 Å². The van der Waals surface area contributed by atoms with Gasteiger partial charge in [0, 0.05) is 11.5 Å². The maximum Gasteiger partial charge on any atom is 0.335 e. The monoisotopic (exact) mass is 348 g/mol. The third-order valence-corrected chi connectivity index (χ3v) is 4.12. The van der Waals surface area contributed by atoms with Crippen LogP contribution in [0.15, 0.2) is 42.5 Å². The Kier molecular flexibility index (Phi) is 8.95. The molecule has 0 saturated heterocycles. The Labute approximate surface area is 149 Å². The topological polar surface area (TPSA) is 87.0 Å². The largest absolute Gasteiger partial charge is 0.507 e. The number of aromatic hydroxyl groups is 1. The molecule has 1 aromatic rings. The first-order valence-electron chi connectivity index (χ1n) is 8.57. The van der Waals surface area contributed by atoms with Crippen molar-refractivity contribution in [3.8, 4) is 5.75 Å². The minimum Gasteiger partial charge on any atom is -0.507 e. The first kappa shape index (κ1) is 20.9. The Morgan fingerprint density at radius 1 is 1.28 bits per heavy atom. The number of phenolic OH excluding ortho intramolecular Hbond substituents is 1. The van der Waals surface area contributed by atoms with Crippen molar-refractivity contribution in [2.24, 2.45) is 5.92 Å². The smallest absolute Gasteiger partial charge is 0.335 e. The molecule has 1 rings (SSSR count). The number of allylic oxidation sites excluding steroid dienone is 1. The van der Waals surface area contributed by atoms with E-state index in [2.05, 4.69) is 6.58 Å². The van der Waals surface area contributed by atoms with Gasteiger partial charge in [-0.15, -0.1) is 6.58 Å². The van der Waals surface area contributed by atoms with E-state index in [-0.39, 0.29) is 12.4 Å². The highest BCUT2D eigenvalue weighted by Crippen LogP contribution is 2.24. The number of ether oxygens (including phenoxy) is 1. The van der Waals surface area contributed by atoms with E-state index in [1.165, 1.54) is 6.08 Å². The second-order valence-corrected chi connectivity index (χ2v) is 5.83. The van der Waals surface area contributed by atoms with Crippen LogP contribution in [0.25, 0.3) is 6.08 Å². The minimum absolute atomic E-state index is 0.166. The van der Waals surface area contributed by atoms with Crippen LogP contribution in [-0.4, -0.2) is 40.1 Å². The molecule has 0 aromatic heterocycles. The van der Waals surface area contributed by atoms with Crippen LogP contribution in [0.4, 0.5) is 0 Å². The average Bonchev–Trinajstić information content (AvgIpc) is 2.60. The fraction of sp³-hybridized carbons (Fsp3) is 0.450. The summed E-state index contributed by atoms with van der Waals surface area (Å²) in [5.41, 5.74) is 1.77. The molecule has 138 valence electrons. The van der Waals surface area contributed by atoms with Crippen molar-refractivity contribution in [1.82, 2.24) is 0 Å². The van der Waals surface area contributed by atoms with Crippen LogP contribution in [0.3, 0.4) is 0 Å². The zero-order valence-electron chi connectivity index (χ0n) is 14.9. The number of para-hydroxylation sites is 1. The number of hydrogen-bond donors (Lipinski definition) is 3. The third-order valence-electron chi connectivity index (χ3n) is 4.12. The van der Waals surface area contributed by atoms with Crippen molar-refractivity contribution >= 4 is 12.0 Å². The molecule has 5 nitrogen and oxygen atoms in total. The normalized spacial score (nSPS) is 15.3. The van der Waals surface area contributed by atoms with E-state index >= 15 is 0 Å². The molecule has 0 unspecified atom stereocenters. The van der Waals surface area contributed by atoms with Gasteiger partial charge in [0.2, 0.25) is 0 Å². The molecule has 0 heterocycles. The lowest BCUT2D eigenvalue weighted by atomic mass is 9.90. The van der Waals surface area contributed by atoms with E-state index in [1.54, 1.807) is 19.1 Å². The van der Waals surface area contributed by atoms with E-state index in [0.29, 0.717) is 12.8 Å². The Morgan fingerprint density at radius 3 is 2.52 bits per heavy atom. The summed E-state index contributed by atoms with van der Waals surface area (Å²) in [4.78, 5) is 11.7. The zero-order valence-corrected chi connectivity index (χ0v) is 14.9. The summed E-state index contributed by atoms with van der Waals surface area (Å²) in [5, 5.41) is 30.2. The summed E-state index contributed by atoms with van der Waals surface area (Å²) >= 11 is 0. The standard InChI is InChI=1S/C20H28O5/c1-4-14(13-15-9-7-8-10-17(15)21)11-12-18(22)16(5-2)19(23)20(24)25-6-3/h5,7-10,13,16,18-19,21-23H,2,4,6,11-12H2,1,3H3/b14-13+/t16-,18-,19+/m1/s1. The highest BCUT2D eigenvalue weighted by atomic mass is 16.5. The number of hydrogen-bond acceptors (Lipinski definition) is 5. The van der Waals surface area contributed by atoms with Gasteiger partial charge in [0.15, 0.2) is 6.10 Å². The van der Waals surface area contributed by atoms with Crippen LogP contribution < -0.4 is 0 Å². The molecule has 0 bridgehead atoms. The van der Waals surface area contributed by atoms with Crippen molar-refractivity contribution in [2.45, 2.75) is 45.3 Å². The summed E-state index contributed by atoms with van der Waals surface area (Å²) in [7, 11) is 0. The van der Waals surface area contributed by atoms with Crippen LogP contribution >= 0.6 is 0 Å². The van der Waals surface area contributed by atoms with Crippen molar-refractivity contribution in [3.63, 3.8) is 0 Å². The van der Waals surface area contributed by atoms with Crippen LogP contribution in [0, 0.1) is 5.92 Å². The van der Waals surface area contributed by atoms with E-state index in [4.69, 9.17) is 4.74 Å². The highest BCUT2D eigenvalue weighted by Gasteiger charge is 2.30. The van der Waals surface area contributed by atoms with Gasteiger partial charge < -0.3 is 20.1 Å². The lowest BCUT2D eigenvalue weighted by Gasteiger charge is -2.23. The second-order valence-electron chi connectivity index (χ2n) is 5.83. The van der Waals surface area contributed by atoms with Gasteiger partial charge in [-0.2, -0.15) is 0 Å². The number of esters is 1. The molecule has 0 amide bonds. The highest BCUT2D eigenvalue weighted by molar-refractivity contribution is 5.75. The lowest BCUT2D eigenvalue weighted by molar-refractivity contribution is -0.157. The van der Waals surface area contributed by atoms with Gasteiger partial charge in [0.25, 0.3) is 0 Å². The van der Waals surface area contributed by atoms with Crippen LogP contribution in [0.1, 0.15) is 38.7 Å². The first-order valence-corrected chi connectivity index (χ1v) is 8.57. The van der Waals surface area contributed by atoms with Gasteiger partial charge in [-0.1, -0.05) is 42.8 Å². The third kappa shape index (κ3) is 6.36. The minimum atomic E-state index is -1.43. The lowest BCUT2D eigenvalue weighted by Crippen LogP contribution is -2.37. The summed E-state index contributed by atoms with van der Waals surface area (Å²) in [6.07, 6.45) is 2.63. The van der Waals surface area contributed by atoms with Gasteiger partial charge in [0.1, 0.15) is 5.75 Å². The number of rotatable bonds is 10. The van der Waals surface area contributed by atoms with Gasteiger partial charge >= 0.3 is 5.97 Å². The van der Waals surface area contributed by atoms with Gasteiger partial charge in [-0.25, -0.2) is 4.79 Å². The molecule has 25 heavy (non-hydrogen) atoms. The molecular formula is C20H28O5. The van der Waals surface area contributed by atoms with Crippen LogP contribution in [0.2, 0.25) is 0 Å². The summed E-state index contributed by atoms with van der Waals surface area (Å²) < 4.78 is 4.79. The molecule has 0 saturated carbocycles. The molecule has 0 aliphatic rings. The van der Waals surface area contributed by atoms with Gasteiger partial charge in [-0.3, -0.25) is 0 Å². The van der Waals surface area contributed by atoms with E-state index in [0.717, 1.165) is 17.6 Å². The maximum absolute atomic E-state index is 11.7. The Bertz CT molecular complexity index is 594. The quantitative estimate of drug-likeness (QED) is 0.447. The molecule has 1 aromatic carbocycles. The van der Waals surface area contributed by atoms with E-state index in [1.807, 2.05) is 25.1 Å². The SMILES string of the molecule is C=C[C@H]([C@H](O)CC/C(=C/c1ccccc1O)CC)[C@H](O)C(=O)OCC. The fourth-order valence-electron chi connectivity index (χ4n) is 2.59. The first-order chi connectivity index (χ1) is 11.9. The molecule has 0 aliphatic heterocycles. The van der Waals surface area contributed by atoms with Crippen molar-refractivity contribution in [1.29, 1.82) is 0 Å². The van der Waals surface area contributed by atoms with Gasteiger partial charge in [-0.05, 0) is 32.3 Å². The van der Waals surface area contributed by atoms with Gasteiger partial charge in [0.05, 0.1) is 12.7 Å². The Balaban J connectivity index is 2.74. The Hall–Kier alpha value is -2.11. The molecular weight excluding hydrogens is 320 g/mol. The average molecular weight is 348 g/mol. The van der Waals surface area contributed by atoms with Crippen molar-refractivity contribution in [3.05, 3.63) is 48.1 Å². The molecule has 0 radical (unpaired) electrons. The summed E-state index contributed by atoms with van der Waals surface area (Å²) in [6.45, 7) is 7.41. The maximum atomic E-state index is 11.7. The number of aliphatic hydroxyl groups is 2. The predicted octanol–water partition coefficient (Wildman–Crippen LogP) is 3.05. The van der Waals surface area contributed by atoms with E-state index < -0.39 is 24.1 Å². The number of aliphatic hydroxyl groups excluding tert-OH is 2. The predicted molar refractivity (Wildman–Crippen MR) is 97.9 cm³/mol. The number of phenols is 1. The molecule has 0 aliphatic carbocycles. The fourth-order valence-corrected chi connectivity index (χ4v) is 2.59. The van der Waals surface area contributed by atoms with E-state index in [9.17, 15) is 20.1 Å². The molecule has 3 atom stereocenters.